The second-order valence-corrected chi connectivity index (χ2v) is 6.99. The van der Waals surface area contributed by atoms with E-state index in [1.54, 1.807) is 19.2 Å². The maximum Gasteiger partial charge on any atom is 0.175 e. The van der Waals surface area contributed by atoms with E-state index < -0.39 is 0 Å². The fraction of sp³-hybridized carbons (Fsp3) is 0.333. The van der Waals surface area contributed by atoms with Gasteiger partial charge in [0, 0.05) is 6.54 Å². The van der Waals surface area contributed by atoms with Gasteiger partial charge in [-0.3, -0.25) is 0 Å². The van der Waals surface area contributed by atoms with E-state index in [9.17, 15) is 0 Å². The van der Waals surface area contributed by atoms with Crippen LogP contribution < -0.4 is 14.8 Å². The van der Waals surface area contributed by atoms with E-state index in [0.29, 0.717) is 28.2 Å². The predicted octanol–water partition coefficient (Wildman–Crippen LogP) is 5.84. The quantitative estimate of drug-likeness (QED) is 0.531. The highest BCUT2D eigenvalue weighted by Crippen LogP contribution is 2.37. The SMILES string of the molecule is CCCNCc1cc(Br)c(OCc2ccc(Cl)c(Cl)c2)c(OC)c1. The Bertz CT molecular complexity index is 695. The number of rotatable bonds is 8. The van der Waals surface area contributed by atoms with E-state index in [2.05, 4.69) is 28.2 Å². The van der Waals surface area contributed by atoms with Crippen LogP contribution in [0.1, 0.15) is 24.5 Å². The summed E-state index contributed by atoms with van der Waals surface area (Å²) >= 11 is 15.5. The number of benzene rings is 2. The van der Waals surface area contributed by atoms with Crippen LogP contribution in [-0.4, -0.2) is 13.7 Å². The molecule has 2 aromatic rings. The molecule has 3 nitrogen and oxygen atoms in total. The maximum absolute atomic E-state index is 6.04. The Hall–Kier alpha value is -0.940. The van der Waals surface area contributed by atoms with Crippen molar-refractivity contribution >= 4 is 39.1 Å². The lowest BCUT2D eigenvalue weighted by atomic mass is 10.2. The molecule has 0 saturated heterocycles. The molecule has 0 spiro atoms. The van der Waals surface area contributed by atoms with Gasteiger partial charge >= 0.3 is 0 Å². The first kappa shape index (κ1) is 19.4. The molecule has 0 heterocycles. The Morgan fingerprint density at radius 2 is 1.88 bits per heavy atom. The van der Waals surface area contributed by atoms with E-state index in [4.69, 9.17) is 32.7 Å². The van der Waals surface area contributed by atoms with Crippen LogP contribution in [0.5, 0.6) is 11.5 Å². The van der Waals surface area contributed by atoms with Gasteiger partial charge in [-0.05, 0) is 64.3 Å². The maximum atomic E-state index is 6.04. The summed E-state index contributed by atoms with van der Waals surface area (Å²) < 4.78 is 12.3. The Morgan fingerprint density at radius 3 is 2.54 bits per heavy atom. The Balaban J connectivity index is 2.12. The highest BCUT2D eigenvalue weighted by molar-refractivity contribution is 9.10. The summed E-state index contributed by atoms with van der Waals surface area (Å²) in [6, 6.07) is 9.47. The minimum Gasteiger partial charge on any atom is -0.493 e. The summed E-state index contributed by atoms with van der Waals surface area (Å²) in [6.07, 6.45) is 1.10. The van der Waals surface area contributed by atoms with Crippen molar-refractivity contribution in [2.75, 3.05) is 13.7 Å². The lowest BCUT2D eigenvalue weighted by molar-refractivity contribution is 0.282. The third-order valence-electron chi connectivity index (χ3n) is 3.41. The summed E-state index contributed by atoms with van der Waals surface area (Å²) in [6.45, 7) is 4.29. The molecule has 0 aliphatic carbocycles. The molecule has 2 aromatic carbocycles. The molecule has 1 N–H and O–H groups in total. The predicted molar refractivity (Wildman–Crippen MR) is 103 cm³/mol. The third-order valence-corrected chi connectivity index (χ3v) is 4.74. The number of nitrogens with one attached hydrogen (secondary N) is 1. The summed E-state index contributed by atoms with van der Waals surface area (Å²) in [7, 11) is 1.64. The first-order chi connectivity index (χ1) is 11.5. The van der Waals surface area contributed by atoms with Crippen LogP contribution in [0, 0.1) is 0 Å². The molecule has 130 valence electrons. The molecule has 0 aliphatic heterocycles. The molecule has 0 fully saturated rings. The molecule has 0 amide bonds. The zero-order chi connectivity index (χ0) is 17.5. The van der Waals surface area contributed by atoms with Crippen LogP contribution in [0.4, 0.5) is 0 Å². The van der Waals surface area contributed by atoms with Gasteiger partial charge < -0.3 is 14.8 Å². The minimum atomic E-state index is 0.374. The van der Waals surface area contributed by atoms with Crippen molar-refractivity contribution in [2.24, 2.45) is 0 Å². The Labute approximate surface area is 161 Å². The van der Waals surface area contributed by atoms with Crippen molar-refractivity contribution < 1.29 is 9.47 Å². The van der Waals surface area contributed by atoms with Crippen molar-refractivity contribution in [3.05, 3.63) is 56.0 Å². The lowest BCUT2D eigenvalue weighted by Gasteiger charge is -2.15. The zero-order valence-electron chi connectivity index (χ0n) is 13.7. The molecule has 0 radical (unpaired) electrons. The van der Waals surface area contributed by atoms with Gasteiger partial charge in [-0.2, -0.15) is 0 Å². The molecule has 6 heteroatoms. The molecule has 0 saturated carbocycles. The molecule has 2 rings (SSSR count). The Kier molecular flexibility index (Phi) is 7.69. The molecule has 0 bridgehead atoms. The monoisotopic (exact) mass is 431 g/mol. The highest BCUT2D eigenvalue weighted by atomic mass is 79.9. The van der Waals surface area contributed by atoms with Crippen molar-refractivity contribution in [1.29, 1.82) is 0 Å². The van der Waals surface area contributed by atoms with Gasteiger partial charge in [-0.25, -0.2) is 0 Å². The second-order valence-electron chi connectivity index (χ2n) is 5.32. The lowest BCUT2D eigenvalue weighted by Crippen LogP contribution is -2.14. The first-order valence-electron chi connectivity index (χ1n) is 7.69. The summed E-state index contributed by atoms with van der Waals surface area (Å²) in [4.78, 5) is 0. The van der Waals surface area contributed by atoms with Crippen molar-refractivity contribution in [3.63, 3.8) is 0 Å². The minimum absolute atomic E-state index is 0.374. The van der Waals surface area contributed by atoms with E-state index in [1.165, 1.54) is 0 Å². The number of hydrogen-bond acceptors (Lipinski definition) is 3. The number of hydrogen-bond donors (Lipinski definition) is 1. The summed E-state index contributed by atoms with van der Waals surface area (Å²) in [5, 5.41) is 4.42. The van der Waals surface area contributed by atoms with Gasteiger partial charge in [-0.1, -0.05) is 36.2 Å². The topological polar surface area (TPSA) is 30.5 Å². The third kappa shape index (κ3) is 5.28. The van der Waals surface area contributed by atoms with E-state index in [-0.39, 0.29) is 0 Å². The van der Waals surface area contributed by atoms with E-state index in [0.717, 1.165) is 35.1 Å². The molecule has 24 heavy (non-hydrogen) atoms. The van der Waals surface area contributed by atoms with E-state index in [1.807, 2.05) is 18.2 Å². The van der Waals surface area contributed by atoms with Crippen LogP contribution in [0.3, 0.4) is 0 Å². The molecular weight excluding hydrogens is 413 g/mol. The van der Waals surface area contributed by atoms with Crippen molar-refractivity contribution in [2.45, 2.75) is 26.5 Å². The normalized spacial score (nSPS) is 10.7. The van der Waals surface area contributed by atoms with Crippen LogP contribution >= 0.6 is 39.1 Å². The molecule has 0 unspecified atom stereocenters. The molecule has 0 aromatic heterocycles. The van der Waals surface area contributed by atoms with Crippen molar-refractivity contribution in [3.8, 4) is 11.5 Å². The van der Waals surface area contributed by atoms with Gasteiger partial charge in [0.15, 0.2) is 11.5 Å². The van der Waals surface area contributed by atoms with Crippen molar-refractivity contribution in [1.82, 2.24) is 5.32 Å². The van der Waals surface area contributed by atoms with Crippen LogP contribution in [0.2, 0.25) is 10.0 Å². The fourth-order valence-corrected chi connectivity index (χ4v) is 3.13. The number of methoxy groups -OCH3 is 1. The van der Waals surface area contributed by atoms with Crippen LogP contribution in [0.25, 0.3) is 0 Å². The summed E-state index contributed by atoms with van der Waals surface area (Å²) in [5.74, 6) is 1.36. The second kappa shape index (κ2) is 9.52. The van der Waals surface area contributed by atoms with Gasteiger partial charge in [-0.15, -0.1) is 0 Å². The van der Waals surface area contributed by atoms with Crippen LogP contribution in [-0.2, 0) is 13.2 Å². The van der Waals surface area contributed by atoms with Gasteiger partial charge in [0.25, 0.3) is 0 Å². The van der Waals surface area contributed by atoms with E-state index >= 15 is 0 Å². The highest BCUT2D eigenvalue weighted by Gasteiger charge is 2.12. The zero-order valence-corrected chi connectivity index (χ0v) is 16.8. The average molecular weight is 433 g/mol. The van der Waals surface area contributed by atoms with Gasteiger partial charge in [0.1, 0.15) is 6.61 Å². The largest absolute Gasteiger partial charge is 0.493 e. The molecular formula is C18H20BrCl2NO2. The first-order valence-corrected chi connectivity index (χ1v) is 9.24. The Morgan fingerprint density at radius 1 is 1.08 bits per heavy atom. The fourth-order valence-electron chi connectivity index (χ4n) is 2.21. The van der Waals surface area contributed by atoms with Crippen LogP contribution in [0.15, 0.2) is 34.8 Å². The summed E-state index contributed by atoms with van der Waals surface area (Å²) in [5.41, 5.74) is 2.07. The smallest absolute Gasteiger partial charge is 0.175 e. The number of halogens is 3. The molecule has 0 aliphatic rings. The van der Waals surface area contributed by atoms with Gasteiger partial charge in [0.2, 0.25) is 0 Å². The average Bonchev–Trinajstić information content (AvgIpc) is 2.56. The van der Waals surface area contributed by atoms with Gasteiger partial charge in [0.05, 0.1) is 21.6 Å². The number of ether oxygens (including phenoxy) is 2. The standard InChI is InChI=1S/C18H20BrCl2NO2/c1-3-6-22-10-13-7-14(19)18(17(9-13)23-2)24-11-12-4-5-15(20)16(21)8-12/h4-5,7-9,22H,3,6,10-11H2,1-2H3. The molecule has 0 atom stereocenters.